The molecule has 3 aromatic rings. The van der Waals surface area contributed by atoms with Crippen molar-refractivity contribution in [1.29, 1.82) is 0 Å². The molecule has 2 fully saturated rings. The minimum absolute atomic E-state index is 0.255. The molecule has 0 aromatic heterocycles. The second-order valence-corrected chi connectivity index (χ2v) is 10.5. The van der Waals surface area contributed by atoms with Crippen LogP contribution in [0.5, 0.6) is 11.5 Å². The van der Waals surface area contributed by atoms with Gasteiger partial charge in [0.2, 0.25) is 11.8 Å². The molecular weight excluding hydrogens is 564 g/mol. The van der Waals surface area contributed by atoms with E-state index in [0.29, 0.717) is 27.2 Å². The van der Waals surface area contributed by atoms with Crippen LogP contribution in [0.15, 0.2) is 77.3 Å². The summed E-state index contributed by atoms with van der Waals surface area (Å²) in [5, 5.41) is 0. The predicted molar refractivity (Wildman–Crippen MR) is 148 cm³/mol. The molecule has 0 radical (unpaired) electrons. The Balaban J connectivity index is 1.43. The lowest BCUT2D eigenvalue weighted by Gasteiger charge is -2.36. The van der Waals surface area contributed by atoms with Crippen molar-refractivity contribution in [2.45, 2.75) is 19.0 Å². The molecule has 0 bridgehead atoms. The van der Waals surface area contributed by atoms with Crippen LogP contribution in [0.3, 0.4) is 0 Å². The lowest BCUT2D eigenvalue weighted by molar-refractivity contribution is -0.132. The average Bonchev–Trinajstić information content (AvgIpc) is 3.41. The number of amides is 2. The molecule has 3 heterocycles. The molecule has 0 spiro atoms. The lowest BCUT2D eigenvalue weighted by atomic mass is 9.86. The maximum Gasteiger partial charge on any atom is 0.308 e. The molecule has 3 aromatic carbocycles. The fraction of sp³-hybridized carbons (Fsp3) is 0.200. The van der Waals surface area contributed by atoms with Gasteiger partial charge in [-0.15, -0.1) is 0 Å². The van der Waals surface area contributed by atoms with Crippen LogP contribution in [0.4, 0.5) is 11.4 Å². The van der Waals surface area contributed by atoms with Crippen LogP contribution in [-0.2, 0) is 14.4 Å². The van der Waals surface area contributed by atoms with Crippen molar-refractivity contribution in [3.63, 3.8) is 0 Å². The van der Waals surface area contributed by atoms with E-state index in [1.54, 1.807) is 37.4 Å². The number of para-hydroxylation sites is 1. The van der Waals surface area contributed by atoms with Crippen molar-refractivity contribution < 1.29 is 28.7 Å². The summed E-state index contributed by atoms with van der Waals surface area (Å²) in [7, 11) is 1.54. The zero-order chi connectivity index (χ0) is 27.4. The minimum atomic E-state index is -0.895. The molecule has 0 aliphatic carbocycles. The first-order chi connectivity index (χ1) is 18.8. The highest BCUT2D eigenvalue weighted by Crippen LogP contribution is 2.50. The Morgan fingerprint density at radius 2 is 1.64 bits per heavy atom. The number of nitrogens with zero attached hydrogens (tertiary/aromatic N) is 2. The topological polar surface area (TPSA) is 93.2 Å². The number of fused-ring (bicyclic) bond motifs is 5. The van der Waals surface area contributed by atoms with E-state index in [9.17, 15) is 19.2 Å². The molecule has 3 aliphatic rings. The second kappa shape index (κ2) is 9.50. The zero-order valence-electron chi connectivity index (χ0n) is 21.0. The predicted octanol–water partition coefficient (Wildman–Crippen LogP) is 4.66. The van der Waals surface area contributed by atoms with E-state index >= 15 is 0 Å². The highest BCUT2D eigenvalue weighted by molar-refractivity contribution is 9.10. The molecule has 3 aliphatic heterocycles. The van der Waals surface area contributed by atoms with Gasteiger partial charge in [-0.1, -0.05) is 30.4 Å². The number of hydrogen-bond donors (Lipinski definition) is 0. The van der Waals surface area contributed by atoms with E-state index in [4.69, 9.17) is 9.47 Å². The van der Waals surface area contributed by atoms with Crippen molar-refractivity contribution in [2.75, 3.05) is 16.9 Å². The van der Waals surface area contributed by atoms with E-state index < -0.39 is 35.8 Å². The van der Waals surface area contributed by atoms with Crippen LogP contribution in [0.1, 0.15) is 22.8 Å². The van der Waals surface area contributed by atoms with Gasteiger partial charge in [-0.3, -0.25) is 19.2 Å². The summed E-state index contributed by atoms with van der Waals surface area (Å²) < 4.78 is 11.0. The van der Waals surface area contributed by atoms with Crippen molar-refractivity contribution in [3.8, 4) is 11.5 Å². The molecule has 0 N–H and O–H groups in total. The van der Waals surface area contributed by atoms with Gasteiger partial charge in [-0.2, -0.15) is 0 Å². The molecule has 9 heteroatoms. The number of carbonyl (C=O) groups is 4. The van der Waals surface area contributed by atoms with E-state index in [2.05, 4.69) is 15.9 Å². The van der Waals surface area contributed by atoms with Crippen molar-refractivity contribution in [1.82, 2.24) is 0 Å². The van der Waals surface area contributed by atoms with Crippen molar-refractivity contribution >= 4 is 56.9 Å². The Labute approximate surface area is 232 Å². The Morgan fingerprint density at radius 1 is 0.923 bits per heavy atom. The number of rotatable bonds is 5. The number of ketones is 1. The van der Waals surface area contributed by atoms with Gasteiger partial charge in [0.15, 0.2) is 5.78 Å². The number of halogens is 1. The minimum Gasteiger partial charge on any atom is -0.496 e. The highest BCUT2D eigenvalue weighted by Gasteiger charge is 2.64. The van der Waals surface area contributed by atoms with Gasteiger partial charge >= 0.3 is 5.97 Å². The number of anilines is 2. The average molecular weight is 587 g/mol. The number of methoxy groups -OCH3 is 1. The monoisotopic (exact) mass is 586 g/mol. The third-order valence-electron chi connectivity index (χ3n) is 7.48. The summed E-state index contributed by atoms with van der Waals surface area (Å²) in [4.78, 5) is 56.5. The van der Waals surface area contributed by atoms with Gasteiger partial charge in [0, 0.05) is 18.2 Å². The van der Waals surface area contributed by atoms with Crippen molar-refractivity contribution in [2.24, 2.45) is 11.8 Å². The molecular formula is C30H23BrN2O6. The lowest BCUT2D eigenvalue weighted by Crippen LogP contribution is -2.48. The van der Waals surface area contributed by atoms with Crippen LogP contribution in [0.2, 0.25) is 0 Å². The van der Waals surface area contributed by atoms with Crippen molar-refractivity contribution in [3.05, 3.63) is 88.4 Å². The summed E-state index contributed by atoms with van der Waals surface area (Å²) in [5.41, 5.74) is 2.49. The summed E-state index contributed by atoms with van der Waals surface area (Å²) in [6, 6.07) is 17.5. The number of hydrogen-bond acceptors (Lipinski definition) is 7. The quantitative estimate of drug-likeness (QED) is 0.186. The molecule has 4 atom stereocenters. The number of Topliss-reactive ketones (excluding diaryl/α,β-unsaturated/α-hetero) is 1. The smallest absolute Gasteiger partial charge is 0.308 e. The third-order valence-corrected chi connectivity index (χ3v) is 8.10. The standard InChI is InChI=1S/C30H23BrN2O6/c1-16(34)39-20-11-9-19(10-12-20)32-29(36)25-23-13-7-17-5-3-4-6-22(17)33(23)27(26(25)30(32)37)28(35)18-8-14-24(38-2)21(31)15-18/h3-15,23,25-27H,1-2H3/t23-,25+,26+,27-/m0/s1. The maximum atomic E-state index is 14.2. The Bertz CT molecular complexity index is 1570. The number of imide groups is 1. The van der Waals surface area contributed by atoms with Gasteiger partial charge in [-0.05, 0) is 70.0 Å². The van der Waals surface area contributed by atoms with Crippen LogP contribution in [0.25, 0.3) is 6.08 Å². The fourth-order valence-electron chi connectivity index (χ4n) is 5.89. The maximum absolute atomic E-state index is 14.2. The second-order valence-electron chi connectivity index (χ2n) is 9.63. The normalized spacial score (nSPS) is 22.8. The molecule has 196 valence electrons. The first-order valence-electron chi connectivity index (χ1n) is 12.4. The molecule has 6 rings (SSSR count). The van der Waals surface area contributed by atoms with Crippen LogP contribution in [0, 0.1) is 11.8 Å². The number of benzene rings is 3. The summed E-state index contributed by atoms with van der Waals surface area (Å²) in [6.07, 6.45) is 3.86. The Kier molecular flexibility index (Phi) is 6.10. The highest BCUT2D eigenvalue weighted by atomic mass is 79.9. The van der Waals surface area contributed by atoms with Crippen LogP contribution < -0.4 is 19.3 Å². The third kappa shape index (κ3) is 3.96. The molecule has 0 saturated carbocycles. The molecule has 2 amide bonds. The van der Waals surface area contributed by atoms with Gasteiger partial charge in [0.25, 0.3) is 0 Å². The van der Waals surface area contributed by atoms with Crippen LogP contribution in [-0.4, -0.2) is 42.8 Å². The molecule has 39 heavy (non-hydrogen) atoms. The Hall–Kier alpha value is -4.24. The van der Waals surface area contributed by atoms with E-state index in [1.165, 1.54) is 19.1 Å². The first-order valence-corrected chi connectivity index (χ1v) is 13.2. The van der Waals surface area contributed by atoms with Gasteiger partial charge in [0.1, 0.15) is 17.5 Å². The fourth-order valence-corrected chi connectivity index (χ4v) is 6.43. The molecule has 8 nitrogen and oxygen atoms in total. The van der Waals surface area contributed by atoms with Gasteiger partial charge in [-0.25, -0.2) is 4.90 Å². The number of ether oxygens (including phenoxy) is 2. The summed E-state index contributed by atoms with van der Waals surface area (Å²) >= 11 is 3.45. The van der Waals surface area contributed by atoms with Crippen LogP contribution >= 0.6 is 15.9 Å². The largest absolute Gasteiger partial charge is 0.496 e. The van der Waals surface area contributed by atoms with Gasteiger partial charge < -0.3 is 14.4 Å². The van der Waals surface area contributed by atoms with E-state index in [0.717, 1.165) is 16.2 Å². The summed E-state index contributed by atoms with van der Waals surface area (Å²) in [5.74, 6) is -2.27. The zero-order valence-corrected chi connectivity index (χ0v) is 22.6. The van der Waals surface area contributed by atoms with Gasteiger partial charge in [0.05, 0.1) is 35.1 Å². The summed E-state index contributed by atoms with van der Waals surface area (Å²) in [6.45, 7) is 1.29. The number of carbonyl (C=O) groups excluding carboxylic acids is 4. The first kappa shape index (κ1) is 25.1. The SMILES string of the molecule is COc1ccc(C(=O)[C@@H]2[C@@H]3C(=O)N(c4ccc(OC(C)=O)cc4)C(=O)[C@@H]3[C@@H]3C=Cc4ccccc4N23)cc1Br. The molecule has 2 saturated heterocycles. The Morgan fingerprint density at radius 3 is 2.33 bits per heavy atom. The molecule has 0 unspecified atom stereocenters. The van der Waals surface area contributed by atoms with E-state index in [-0.39, 0.29) is 11.7 Å². The number of esters is 1. The van der Waals surface area contributed by atoms with E-state index in [1.807, 2.05) is 41.3 Å².